The van der Waals surface area contributed by atoms with E-state index < -0.39 is 0 Å². The van der Waals surface area contributed by atoms with Gasteiger partial charge >= 0.3 is 0 Å². The minimum atomic E-state index is -0.0296. The molecule has 0 bridgehead atoms. The monoisotopic (exact) mass is 246 g/mol. The number of hydrogen-bond acceptors (Lipinski definition) is 4. The van der Waals surface area contributed by atoms with Gasteiger partial charge in [0, 0.05) is 25.7 Å². The van der Waals surface area contributed by atoms with Crippen LogP contribution in [0.5, 0.6) is 5.75 Å². The van der Waals surface area contributed by atoms with Gasteiger partial charge in [-0.3, -0.25) is 4.79 Å². The Morgan fingerprint density at radius 1 is 1.28 bits per heavy atom. The van der Waals surface area contributed by atoms with Crippen molar-refractivity contribution < 1.29 is 14.1 Å². The van der Waals surface area contributed by atoms with Crippen LogP contribution in [-0.4, -0.2) is 30.1 Å². The van der Waals surface area contributed by atoms with E-state index in [2.05, 4.69) is 5.16 Å². The SMILES string of the molecule is CN(C)C(=O)c1ccc(OCc2ccon2)cc1. The highest BCUT2D eigenvalue weighted by Gasteiger charge is 2.07. The largest absolute Gasteiger partial charge is 0.487 e. The molecule has 0 saturated carbocycles. The molecule has 0 radical (unpaired) electrons. The molecule has 2 rings (SSSR count). The van der Waals surface area contributed by atoms with Crippen LogP contribution in [-0.2, 0) is 6.61 Å². The van der Waals surface area contributed by atoms with Crippen molar-refractivity contribution in [2.24, 2.45) is 0 Å². The first-order valence-electron chi connectivity index (χ1n) is 5.50. The van der Waals surface area contributed by atoms with Crippen molar-refractivity contribution >= 4 is 5.91 Å². The van der Waals surface area contributed by atoms with Crippen LogP contribution in [0.3, 0.4) is 0 Å². The van der Waals surface area contributed by atoms with Gasteiger partial charge in [0.25, 0.3) is 5.91 Å². The van der Waals surface area contributed by atoms with Gasteiger partial charge in [-0.1, -0.05) is 5.16 Å². The summed E-state index contributed by atoms with van der Waals surface area (Å²) in [6.45, 7) is 0.345. The molecule has 0 atom stereocenters. The lowest BCUT2D eigenvalue weighted by Gasteiger charge is -2.10. The third kappa shape index (κ3) is 2.88. The summed E-state index contributed by atoms with van der Waals surface area (Å²) in [7, 11) is 3.44. The Morgan fingerprint density at radius 2 is 2.00 bits per heavy atom. The summed E-state index contributed by atoms with van der Waals surface area (Å²) in [6.07, 6.45) is 1.50. The Bertz CT molecular complexity index is 504. The van der Waals surface area contributed by atoms with Gasteiger partial charge in [-0.15, -0.1) is 0 Å². The number of nitrogens with zero attached hydrogens (tertiary/aromatic N) is 2. The molecule has 18 heavy (non-hydrogen) atoms. The first kappa shape index (κ1) is 12.2. The highest BCUT2D eigenvalue weighted by Crippen LogP contribution is 2.14. The summed E-state index contributed by atoms with van der Waals surface area (Å²) in [4.78, 5) is 13.2. The number of amides is 1. The summed E-state index contributed by atoms with van der Waals surface area (Å²) in [5, 5.41) is 3.74. The summed E-state index contributed by atoms with van der Waals surface area (Å²) < 4.78 is 10.2. The molecule has 0 unspecified atom stereocenters. The second kappa shape index (κ2) is 5.35. The quantitative estimate of drug-likeness (QED) is 0.827. The molecular formula is C13H14N2O3. The smallest absolute Gasteiger partial charge is 0.253 e. The van der Waals surface area contributed by atoms with Crippen LogP contribution in [0.15, 0.2) is 41.1 Å². The molecule has 0 aliphatic rings. The van der Waals surface area contributed by atoms with Crippen molar-refractivity contribution in [1.82, 2.24) is 10.1 Å². The topological polar surface area (TPSA) is 55.6 Å². The van der Waals surface area contributed by atoms with Gasteiger partial charge in [-0.2, -0.15) is 0 Å². The fourth-order valence-electron chi connectivity index (χ4n) is 1.42. The zero-order chi connectivity index (χ0) is 13.0. The molecule has 0 spiro atoms. The Morgan fingerprint density at radius 3 is 2.56 bits per heavy atom. The average molecular weight is 246 g/mol. The average Bonchev–Trinajstić information content (AvgIpc) is 2.89. The second-order valence-corrected chi connectivity index (χ2v) is 4.00. The third-order valence-electron chi connectivity index (χ3n) is 2.39. The van der Waals surface area contributed by atoms with E-state index in [1.54, 1.807) is 44.4 Å². The van der Waals surface area contributed by atoms with Crippen molar-refractivity contribution in [3.63, 3.8) is 0 Å². The van der Waals surface area contributed by atoms with Gasteiger partial charge in [0.1, 0.15) is 24.3 Å². The predicted molar refractivity (Wildman–Crippen MR) is 65.3 cm³/mol. The number of ether oxygens (including phenoxy) is 1. The van der Waals surface area contributed by atoms with Gasteiger partial charge in [0.05, 0.1) is 0 Å². The van der Waals surface area contributed by atoms with Crippen LogP contribution < -0.4 is 4.74 Å². The van der Waals surface area contributed by atoms with E-state index in [9.17, 15) is 4.79 Å². The maximum absolute atomic E-state index is 11.7. The highest BCUT2D eigenvalue weighted by atomic mass is 16.5. The summed E-state index contributed by atoms with van der Waals surface area (Å²) in [5.41, 5.74) is 1.36. The molecular weight excluding hydrogens is 232 g/mol. The molecule has 0 saturated heterocycles. The van der Waals surface area contributed by atoms with Crippen LogP contribution in [0, 0.1) is 0 Å². The standard InChI is InChI=1S/C13H14N2O3/c1-15(2)13(16)10-3-5-12(6-4-10)17-9-11-7-8-18-14-11/h3-8H,9H2,1-2H3. The molecule has 94 valence electrons. The number of benzene rings is 1. The molecule has 1 amide bonds. The van der Waals surface area contributed by atoms with E-state index in [0.717, 1.165) is 5.69 Å². The molecule has 1 aromatic carbocycles. The normalized spacial score (nSPS) is 10.1. The van der Waals surface area contributed by atoms with Crippen LogP contribution >= 0.6 is 0 Å². The molecule has 2 aromatic rings. The van der Waals surface area contributed by atoms with Crippen molar-refractivity contribution in [3.05, 3.63) is 47.9 Å². The maximum atomic E-state index is 11.7. The molecule has 0 fully saturated rings. The lowest BCUT2D eigenvalue weighted by molar-refractivity contribution is 0.0827. The number of carbonyl (C=O) groups excluding carboxylic acids is 1. The Labute approximate surface area is 105 Å². The Hall–Kier alpha value is -2.30. The fourth-order valence-corrected chi connectivity index (χ4v) is 1.42. The lowest BCUT2D eigenvalue weighted by Crippen LogP contribution is -2.21. The van der Waals surface area contributed by atoms with Crippen molar-refractivity contribution in [2.45, 2.75) is 6.61 Å². The fraction of sp³-hybridized carbons (Fsp3) is 0.231. The molecule has 1 aromatic heterocycles. The lowest BCUT2D eigenvalue weighted by atomic mass is 10.2. The molecule has 0 N–H and O–H groups in total. The summed E-state index contributed by atoms with van der Waals surface area (Å²) in [5.74, 6) is 0.659. The first-order valence-corrected chi connectivity index (χ1v) is 5.50. The summed E-state index contributed by atoms with van der Waals surface area (Å²) >= 11 is 0. The Kier molecular flexibility index (Phi) is 3.62. The van der Waals surface area contributed by atoms with Gasteiger partial charge < -0.3 is 14.2 Å². The number of hydrogen-bond donors (Lipinski definition) is 0. The van der Waals surface area contributed by atoms with E-state index in [0.29, 0.717) is 17.9 Å². The Balaban J connectivity index is 1.97. The molecule has 5 nitrogen and oxygen atoms in total. The van der Waals surface area contributed by atoms with Gasteiger partial charge in [-0.05, 0) is 24.3 Å². The van der Waals surface area contributed by atoms with Gasteiger partial charge in [-0.25, -0.2) is 0 Å². The minimum Gasteiger partial charge on any atom is -0.487 e. The van der Waals surface area contributed by atoms with Crippen LogP contribution in [0.1, 0.15) is 16.1 Å². The highest BCUT2D eigenvalue weighted by molar-refractivity contribution is 5.93. The maximum Gasteiger partial charge on any atom is 0.253 e. The molecule has 0 aliphatic heterocycles. The second-order valence-electron chi connectivity index (χ2n) is 4.00. The number of rotatable bonds is 4. The zero-order valence-electron chi connectivity index (χ0n) is 10.3. The molecule has 1 heterocycles. The first-order chi connectivity index (χ1) is 8.66. The van der Waals surface area contributed by atoms with E-state index in [1.165, 1.54) is 11.2 Å². The molecule has 0 aliphatic carbocycles. The van der Waals surface area contributed by atoms with Crippen molar-refractivity contribution in [1.29, 1.82) is 0 Å². The van der Waals surface area contributed by atoms with E-state index in [4.69, 9.17) is 9.26 Å². The van der Waals surface area contributed by atoms with E-state index >= 15 is 0 Å². The minimum absolute atomic E-state index is 0.0296. The number of carbonyl (C=O) groups is 1. The third-order valence-corrected chi connectivity index (χ3v) is 2.39. The summed E-state index contributed by atoms with van der Waals surface area (Å²) in [6, 6.07) is 8.73. The van der Waals surface area contributed by atoms with Crippen LogP contribution in [0.2, 0.25) is 0 Å². The van der Waals surface area contributed by atoms with Crippen molar-refractivity contribution in [2.75, 3.05) is 14.1 Å². The van der Waals surface area contributed by atoms with E-state index in [1.807, 2.05) is 0 Å². The van der Waals surface area contributed by atoms with E-state index in [-0.39, 0.29) is 5.91 Å². The van der Waals surface area contributed by atoms with Gasteiger partial charge in [0.2, 0.25) is 0 Å². The van der Waals surface area contributed by atoms with Gasteiger partial charge in [0.15, 0.2) is 0 Å². The molecule has 5 heteroatoms. The van der Waals surface area contributed by atoms with Crippen molar-refractivity contribution in [3.8, 4) is 5.75 Å². The van der Waals surface area contributed by atoms with Crippen LogP contribution in [0.4, 0.5) is 0 Å². The number of aromatic nitrogens is 1. The zero-order valence-corrected chi connectivity index (χ0v) is 10.3. The predicted octanol–water partition coefficient (Wildman–Crippen LogP) is 1.96. The van der Waals surface area contributed by atoms with Crippen LogP contribution in [0.25, 0.3) is 0 Å².